The summed E-state index contributed by atoms with van der Waals surface area (Å²) >= 11 is 5.30. The van der Waals surface area contributed by atoms with Gasteiger partial charge in [-0.3, -0.25) is 0 Å². The molecule has 14 heteroatoms. The van der Waals surface area contributed by atoms with Crippen LogP contribution in [-0.2, 0) is 25.6 Å². The number of thiocarbonyl (C=S) groups is 1. The number of benzene rings is 1. The van der Waals surface area contributed by atoms with Crippen LogP contribution < -0.4 is 4.90 Å². The number of allylic oxidation sites excluding steroid dienone is 4. The topological polar surface area (TPSA) is 98.2 Å². The molecule has 2 aliphatic carbocycles. The van der Waals surface area contributed by atoms with Gasteiger partial charge in [0.25, 0.3) is 0 Å². The molecule has 0 spiro atoms. The Kier molecular flexibility index (Phi) is 8.90. The summed E-state index contributed by atoms with van der Waals surface area (Å²) in [5.74, 6) is 0.229. The van der Waals surface area contributed by atoms with Crippen molar-refractivity contribution in [2.45, 2.75) is 50.4 Å². The van der Waals surface area contributed by atoms with Gasteiger partial charge < -0.3 is 10.0 Å². The molecular formula is C26H34F3N3O5S3. The van der Waals surface area contributed by atoms with Crippen LogP contribution >= 0.6 is 12.2 Å². The molecule has 8 nitrogen and oxygen atoms in total. The Bertz CT molecular complexity index is 1390. The van der Waals surface area contributed by atoms with Crippen molar-refractivity contribution in [3.05, 3.63) is 53.0 Å². The lowest BCUT2D eigenvalue weighted by molar-refractivity contribution is -0.258. The second kappa shape index (κ2) is 11.4. The minimum Gasteiger partial charge on any atom is -0.376 e. The lowest BCUT2D eigenvalue weighted by Crippen LogP contribution is -2.59. The van der Waals surface area contributed by atoms with E-state index in [4.69, 9.17) is 12.2 Å². The molecule has 0 radical (unpaired) electrons. The lowest BCUT2D eigenvalue weighted by Gasteiger charge is -2.44. The van der Waals surface area contributed by atoms with Crippen LogP contribution in [-0.4, -0.2) is 86.6 Å². The highest BCUT2D eigenvalue weighted by Gasteiger charge is 2.51. The molecule has 1 heterocycles. The van der Waals surface area contributed by atoms with Crippen molar-refractivity contribution in [1.29, 1.82) is 0 Å². The molecule has 222 valence electrons. The van der Waals surface area contributed by atoms with Gasteiger partial charge in [0.1, 0.15) is 0 Å². The van der Waals surface area contributed by atoms with Crippen LogP contribution in [0.25, 0.3) is 0 Å². The Hall–Kier alpha value is -1.84. The molecule has 1 saturated heterocycles. The predicted molar refractivity (Wildman–Crippen MR) is 152 cm³/mol. The van der Waals surface area contributed by atoms with Crippen molar-refractivity contribution in [3.63, 3.8) is 0 Å². The highest BCUT2D eigenvalue weighted by Crippen LogP contribution is 2.39. The van der Waals surface area contributed by atoms with Crippen molar-refractivity contribution in [1.82, 2.24) is 8.61 Å². The zero-order valence-electron chi connectivity index (χ0n) is 22.3. The Labute approximate surface area is 239 Å². The van der Waals surface area contributed by atoms with E-state index in [-0.39, 0.29) is 42.6 Å². The normalized spacial score (nSPS) is 23.2. The van der Waals surface area contributed by atoms with Crippen LogP contribution in [0, 0.1) is 5.92 Å². The number of nitrogens with zero attached hydrogens (tertiary/aromatic N) is 3. The molecule has 2 fully saturated rings. The molecule has 1 saturated carbocycles. The average molecular weight is 622 g/mol. The first-order chi connectivity index (χ1) is 18.5. The molecule has 0 bridgehead atoms. The van der Waals surface area contributed by atoms with Gasteiger partial charge in [0.2, 0.25) is 20.0 Å². The number of hydrogen-bond donors (Lipinski definition) is 1. The van der Waals surface area contributed by atoms with E-state index in [0.29, 0.717) is 30.4 Å². The molecule has 0 amide bonds. The maximum absolute atomic E-state index is 13.6. The van der Waals surface area contributed by atoms with Gasteiger partial charge in [0, 0.05) is 49.7 Å². The summed E-state index contributed by atoms with van der Waals surface area (Å²) in [7, 11) is -7.58. The van der Waals surface area contributed by atoms with Crippen LogP contribution in [0.4, 0.5) is 18.9 Å². The summed E-state index contributed by atoms with van der Waals surface area (Å²) in [6.07, 6.45) is 4.32. The van der Waals surface area contributed by atoms with Gasteiger partial charge in [-0.2, -0.15) is 21.8 Å². The van der Waals surface area contributed by atoms with Crippen molar-refractivity contribution in [2.24, 2.45) is 5.92 Å². The number of halogens is 3. The molecule has 3 aliphatic rings. The van der Waals surface area contributed by atoms with E-state index < -0.39 is 37.9 Å². The van der Waals surface area contributed by atoms with Crippen molar-refractivity contribution in [2.75, 3.05) is 43.9 Å². The zero-order valence-corrected chi connectivity index (χ0v) is 24.8. The fraction of sp³-hybridized carbons (Fsp3) is 0.577. The van der Waals surface area contributed by atoms with Crippen molar-refractivity contribution >= 4 is 42.8 Å². The number of sulfonamides is 2. The Morgan fingerprint density at radius 3 is 2.25 bits per heavy atom. The molecule has 40 heavy (non-hydrogen) atoms. The zero-order chi connectivity index (χ0) is 29.5. The fourth-order valence-corrected chi connectivity index (χ4v) is 8.11. The largest absolute Gasteiger partial charge is 0.421 e. The van der Waals surface area contributed by atoms with Crippen molar-refractivity contribution < 1.29 is 35.1 Å². The summed E-state index contributed by atoms with van der Waals surface area (Å²) < 4.78 is 95.4. The Morgan fingerprint density at radius 2 is 1.73 bits per heavy atom. The third kappa shape index (κ3) is 6.46. The second-order valence-corrected chi connectivity index (χ2v) is 15.2. The SMILES string of the molecule is CC(O)(c1ccc(N2CCN(S(=O)(=O)C3=CC=CCC3=S)C[C@@H]2CN(CC2CCC2)S(C)(=O)=O)cc1)C(F)(F)F. The van der Waals surface area contributed by atoms with Crippen LogP contribution in [0.3, 0.4) is 0 Å². The van der Waals surface area contributed by atoms with Gasteiger partial charge in [-0.15, -0.1) is 0 Å². The van der Waals surface area contributed by atoms with Gasteiger partial charge >= 0.3 is 6.18 Å². The van der Waals surface area contributed by atoms with E-state index in [1.807, 2.05) is 4.90 Å². The molecule has 1 aromatic rings. The van der Waals surface area contributed by atoms with E-state index in [1.165, 1.54) is 39.0 Å². The summed E-state index contributed by atoms with van der Waals surface area (Å²) in [6, 6.07) is 4.62. The summed E-state index contributed by atoms with van der Waals surface area (Å²) in [5.41, 5.74) is -2.89. The lowest BCUT2D eigenvalue weighted by atomic mass is 9.85. The first-order valence-corrected chi connectivity index (χ1v) is 16.7. The maximum Gasteiger partial charge on any atom is 0.421 e. The third-order valence-corrected chi connectivity index (χ3v) is 11.6. The van der Waals surface area contributed by atoms with Crippen LogP contribution in [0.5, 0.6) is 0 Å². The molecule has 1 aromatic carbocycles. The molecule has 2 atom stereocenters. The number of piperazine rings is 1. The smallest absolute Gasteiger partial charge is 0.376 e. The minimum atomic E-state index is -4.88. The second-order valence-electron chi connectivity index (χ2n) is 10.8. The van der Waals surface area contributed by atoms with Crippen LogP contribution in [0.2, 0.25) is 0 Å². The molecule has 4 rings (SSSR count). The van der Waals surface area contributed by atoms with Crippen LogP contribution in [0.1, 0.15) is 38.2 Å². The minimum absolute atomic E-state index is 0.00671. The Balaban J connectivity index is 1.66. The van der Waals surface area contributed by atoms with Crippen LogP contribution in [0.15, 0.2) is 47.4 Å². The standard InChI is InChI=1S/C26H34F3N3O5S3/c1-25(33,26(27,28)29)20-10-12-21(13-11-20)32-15-14-30(40(36,37)24-9-4-3-8-23(24)38)17-22(32)18-31(39(2,34)35)16-19-6-5-7-19/h3-4,9-13,19,22,33H,5-8,14-18H2,1-2H3/t22-,25?/m1/s1. The predicted octanol–water partition coefficient (Wildman–Crippen LogP) is 3.55. The molecular weight excluding hydrogens is 587 g/mol. The van der Waals surface area contributed by atoms with E-state index in [2.05, 4.69) is 0 Å². The number of anilines is 1. The van der Waals surface area contributed by atoms with Crippen molar-refractivity contribution in [3.8, 4) is 0 Å². The first-order valence-electron chi connectivity index (χ1n) is 13.0. The average Bonchev–Trinajstić information content (AvgIpc) is 2.84. The quantitative estimate of drug-likeness (QED) is 0.422. The van der Waals surface area contributed by atoms with E-state index in [0.717, 1.165) is 25.5 Å². The first kappa shape index (κ1) is 31.1. The fourth-order valence-electron chi connectivity index (χ4n) is 5.12. The summed E-state index contributed by atoms with van der Waals surface area (Å²) in [4.78, 5) is 2.17. The van der Waals surface area contributed by atoms with Gasteiger partial charge in [0.05, 0.1) is 17.2 Å². The molecule has 1 aliphatic heterocycles. The monoisotopic (exact) mass is 621 g/mol. The van der Waals surface area contributed by atoms with Gasteiger partial charge in [-0.05, 0) is 49.5 Å². The Morgan fingerprint density at radius 1 is 1.07 bits per heavy atom. The summed E-state index contributed by atoms with van der Waals surface area (Å²) in [5, 5.41) is 10.1. The number of aliphatic hydroxyl groups is 1. The highest BCUT2D eigenvalue weighted by molar-refractivity contribution is 7.96. The van der Waals surface area contributed by atoms with E-state index >= 15 is 0 Å². The summed E-state index contributed by atoms with van der Waals surface area (Å²) in [6.45, 7) is 1.22. The number of rotatable bonds is 9. The van der Waals surface area contributed by atoms with E-state index in [9.17, 15) is 35.1 Å². The molecule has 1 unspecified atom stereocenters. The molecule has 1 N–H and O–H groups in total. The maximum atomic E-state index is 13.6. The van der Waals surface area contributed by atoms with Gasteiger partial charge in [-0.25, -0.2) is 16.8 Å². The third-order valence-electron chi connectivity index (χ3n) is 7.91. The number of hydrogen-bond acceptors (Lipinski definition) is 7. The van der Waals surface area contributed by atoms with E-state index in [1.54, 1.807) is 12.2 Å². The number of alkyl halides is 3. The highest BCUT2D eigenvalue weighted by atomic mass is 32.2. The van der Waals surface area contributed by atoms with Gasteiger partial charge in [-0.1, -0.05) is 42.9 Å². The molecule has 0 aromatic heterocycles. The van der Waals surface area contributed by atoms with Gasteiger partial charge in [0.15, 0.2) is 5.60 Å².